The molecule has 0 unspecified atom stereocenters. The molecule has 6 nitrogen and oxygen atoms in total. The van der Waals surface area contributed by atoms with E-state index in [1.807, 2.05) is 58.0 Å². The fourth-order valence-electron chi connectivity index (χ4n) is 3.74. The Kier molecular flexibility index (Phi) is 3.76. The second-order valence-electron chi connectivity index (χ2n) is 7.49. The first kappa shape index (κ1) is 16.4. The lowest BCUT2D eigenvalue weighted by atomic mass is 9.92. The summed E-state index contributed by atoms with van der Waals surface area (Å²) in [7, 11) is 0. The Hall–Kier alpha value is -1.02. The Bertz CT molecular complexity index is 601. The molecule has 1 aromatic rings. The van der Waals surface area contributed by atoms with E-state index in [0.29, 0.717) is 0 Å². The molecular formula is C18H24O6. The Labute approximate surface area is 141 Å². The number of rotatable bonds is 2. The van der Waals surface area contributed by atoms with Gasteiger partial charge in [-0.3, -0.25) is 0 Å². The van der Waals surface area contributed by atoms with E-state index in [4.69, 9.17) is 23.7 Å². The van der Waals surface area contributed by atoms with Gasteiger partial charge in [0.2, 0.25) is 0 Å². The van der Waals surface area contributed by atoms with Gasteiger partial charge < -0.3 is 28.8 Å². The molecule has 0 radical (unpaired) electrons. The van der Waals surface area contributed by atoms with E-state index in [2.05, 4.69) is 0 Å². The van der Waals surface area contributed by atoms with Gasteiger partial charge in [0.1, 0.15) is 30.5 Å². The predicted octanol–water partition coefficient (Wildman–Crippen LogP) is 2.12. The molecule has 3 aliphatic heterocycles. The average Bonchev–Trinajstić information content (AvgIpc) is 3.00. The molecule has 6 atom stereocenters. The molecular weight excluding hydrogens is 312 g/mol. The first-order valence-electron chi connectivity index (χ1n) is 8.35. The summed E-state index contributed by atoms with van der Waals surface area (Å²) < 4.78 is 30.0. The van der Waals surface area contributed by atoms with Crippen LogP contribution in [0, 0.1) is 0 Å². The van der Waals surface area contributed by atoms with Gasteiger partial charge in [-0.2, -0.15) is 0 Å². The second-order valence-corrected chi connectivity index (χ2v) is 7.49. The minimum atomic E-state index is -0.843. The number of ether oxygens (including phenoxy) is 5. The van der Waals surface area contributed by atoms with Crippen LogP contribution in [0.4, 0.5) is 0 Å². The fraction of sp³-hybridized carbons (Fsp3) is 0.667. The van der Waals surface area contributed by atoms with Crippen LogP contribution in [0.1, 0.15) is 39.4 Å². The zero-order valence-electron chi connectivity index (χ0n) is 14.3. The summed E-state index contributed by atoms with van der Waals surface area (Å²) in [5.74, 6) is -1.53. The van der Waals surface area contributed by atoms with Crippen LogP contribution in [0.15, 0.2) is 30.3 Å². The minimum Gasteiger partial charge on any atom is -0.386 e. The van der Waals surface area contributed by atoms with Crippen molar-refractivity contribution in [3.05, 3.63) is 35.9 Å². The van der Waals surface area contributed by atoms with Gasteiger partial charge in [0.25, 0.3) is 0 Å². The molecule has 0 spiro atoms. The molecule has 3 heterocycles. The zero-order valence-corrected chi connectivity index (χ0v) is 14.3. The van der Waals surface area contributed by atoms with Crippen LogP contribution < -0.4 is 0 Å². The smallest absolute Gasteiger partial charge is 0.190 e. The molecule has 0 saturated carbocycles. The highest BCUT2D eigenvalue weighted by Gasteiger charge is 2.61. The minimum absolute atomic E-state index is 0.358. The zero-order chi connectivity index (χ0) is 17.1. The maximum Gasteiger partial charge on any atom is 0.190 e. The van der Waals surface area contributed by atoms with E-state index < -0.39 is 36.2 Å². The third-order valence-corrected chi connectivity index (χ3v) is 4.64. The Morgan fingerprint density at radius 1 is 0.833 bits per heavy atom. The van der Waals surface area contributed by atoms with Gasteiger partial charge in [-0.25, -0.2) is 0 Å². The van der Waals surface area contributed by atoms with Gasteiger partial charge in [-0.1, -0.05) is 30.3 Å². The van der Waals surface area contributed by atoms with Crippen molar-refractivity contribution in [2.24, 2.45) is 0 Å². The van der Waals surface area contributed by atoms with E-state index in [0.717, 1.165) is 5.56 Å². The number of benzene rings is 1. The number of fused-ring (bicyclic) bond motifs is 3. The second kappa shape index (κ2) is 5.49. The highest BCUT2D eigenvalue weighted by Crippen LogP contribution is 2.46. The Balaban J connectivity index is 1.65. The highest BCUT2D eigenvalue weighted by molar-refractivity contribution is 5.20. The third kappa shape index (κ3) is 2.77. The predicted molar refractivity (Wildman–Crippen MR) is 83.9 cm³/mol. The molecule has 24 heavy (non-hydrogen) atoms. The Morgan fingerprint density at radius 2 is 1.42 bits per heavy atom. The number of hydrogen-bond acceptors (Lipinski definition) is 6. The largest absolute Gasteiger partial charge is 0.386 e. The standard InChI is InChI=1S/C18H24O6/c1-17(2)21-13-12(11(19)10-8-6-5-7-9-10)20-16-15(14(13)22-17)23-18(3,4)24-16/h5-9,11-16,19H,1-4H3/t11-,12+,13-,14-,15+,16+/m0/s1. The van der Waals surface area contributed by atoms with Gasteiger partial charge >= 0.3 is 0 Å². The van der Waals surface area contributed by atoms with Crippen molar-refractivity contribution < 1.29 is 28.8 Å². The molecule has 1 aromatic carbocycles. The molecule has 0 bridgehead atoms. The van der Waals surface area contributed by atoms with Crippen molar-refractivity contribution >= 4 is 0 Å². The normalized spacial score (nSPS) is 40.8. The molecule has 3 fully saturated rings. The molecule has 0 aromatic heterocycles. The first-order valence-corrected chi connectivity index (χ1v) is 8.35. The van der Waals surface area contributed by atoms with Crippen molar-refractivity contribution in [1.29, 1.82) is 0 Å². The Morgan fingerprint density at radius 3 is 2.12 bits per heavy atom. The van der Waals surface area contributed by atoms with Crippen LogP contribution >= 0.6 is 0 Å². The molecule has 6 heteroatoms. The lowest BCUT2D eigenvalue weighted by Crippen LogP contribution is -2.56. The number of hydrogen-bond donors (Lipinski definition) is 1. The van der Waals surface area contributed by atoms with Gasteiger partial charge in [0.15, 0.2) is 17.9 Å². The first-order chi connectivity index (χ1) is 11.3. The van der Waals surface area contributed by atoms with Crippen molar-refractivity contribution in [3.63, 3.8) is 0 Å². The van der Waals surface area contributed by atoms with E-state index in [9.17, 15) is 5.11 Å². The molecule has 1 N–H and O–H groups in total. The van der Waals surface area contributed by atoms with Crippen LogP contribution in [0.5, 0.6) is 0 Å². The average molecular weight is 336 g/mol. The monoisotopic (exact) mass is 336 g/mol. The van der Waals surface area contributed by atoms with E-state index in [1.54, 1.807) is 0 Å². The quantitative estimate of drug-likeness (QED) is 0.892. The summed E-state index contributed by atoms with van der Waals surface area (Å²) in [6.45, 7) is 7.39. The van der Waals surface area contributed by atoms with Crippen LogP contribution in [-0.4, -0.2) is 47.4 Å². The third-order valence-electron chi connectivity index (χ3n) is 4.64. The summed E-state index contributed by atoms with van der Waals surface area (Å²) in [5.41, 5.74) is 0.770. The van der Waals surface area contributed by atoms with E-state index in [-0.39, 0.29) is 12.2 Å². The van der Waals surface area contributed by atoms with Crippen molar-refractivity contribution in [3.8, 4) is 0 Å². The van der Waals surface area contributed by atoms with Gasteiger partial charge in [0, 0.05) is 0 Å². The van der Waals surface area contributed by atoms with Crippen LogP contribution in [0.3, 0.4) is 0 Å². The summed E-state index contributed by atoms with van der Waals surface area (Å²) in [6, 6.07) is 9.41. The molecule has 132 valence electrons. The SMILES string of the molecule is CC1(C)O[C@@H]2[C@H](O1)[C@H]1OC(C)(C)O[C@H]1O[C@@H]2[C@@H](O)c1ccccc1. The van der Waals surface area contributed by atoms with Crippen molar-refractivity contribution in [2.75, 3.05) is 0 Å². The number of aliphatic hydroxyl groups is 1. The maximum absolute atomic E-state index is 10.9. The van der Waals surface area contributed by atoms with Crippen LogP contribution in [0.2, 0.25) is 0 Å². The van der Waals surface area contributed by atoms with Crippen LogP contribution in [0.25, 0.3) is 0 Å². The van der Waals surface area contributed by atoms with Crippen molar-refractivity contribution in [1.82, 2.24) is 0 Å². The lowest BCUT2D eigenvalue weighted by Gasteiger charge is -2.39. The molecule has 4 rings (SSSR count). The summed E-state index contributed by atoms with van der Waals surface area (Å²) in [5, 5.41) is 10.9. The lowest BCUT2D eigenvalue weighted by molar-refractivity contribution is -0.253. The van der Waals surface area contributed by atoms with Gasteiger partial charge in [0.05, 0.1) is 0 Å². The highest BCUT2D eigenvalue weighted by atomic mass is 16.9. The number of aliphatic hydroxyl groups excluding tert-OH is 1. The fourth-order valence-corrected chi connectivity index (χ4v) is 3.74. The molecule has 3 saturated heterocycles. The summed E-state index contributed by atoms with van der Waals surface area (Å²) in [4.78, 5) is 0. The topological polar surface area (TPSA) is 66.4 Å². The van der Waals surface area contributed by atoms with E-state index in [1.165, 1.54) is 0 Å². The van der Waals surface area contributed by atoms with Crippen molar-refractivity contribution in [2.45, 2.75) is 76.1 Å². The molecule has 0 aliphatic carbocycles. The van der Waals surface area contributed by atoms with Crippen LogP contribution in [-0.2, 0) is 23.7 Å². The molecule has 0 amide bonds. The summed E-state index contributed by atoms with van der Waals surface area (Å²) >= 11 is 0. The summed E-state index contributed by atoms with van der Waals surface area (Å²) in [6.07, 6.45) is -3.21. The molecule has 3 aliphatic rings. The van der Waals surface area contributed by atoms with E-state index >= 15 is 0 Å². The van der Waals surface area contributed by atoms with Gasteiger partial charge in [-0.15, -0.1) is 0 Å². The van der Waals surface area contributed by atoms with Gasteiger partial charge in [-0.05, 0) is 33.3 Å². The maximum atomic E-state index is 10.9.